The van der Waals surface area contributed by atoms with Crippen LogP contribution >= 0.6 is 23.4 Å². The molecule has 0 aliphatic carbocycles. The van der Waals surface area contributed by atoms with Gasteiger partial charge in [0.05, 0.1) is 21.8 Å². The molecule has 25 heavy (non-hydrogen) atoms. The quantitative estimate of drug-likeness (QED) is 0.265. The fraction of sp³-hybridized carbons (Fsp3) is 0.0625. The number of carbonyl (C=O) groups is 1. The van der Waals surface area contributed by atoms with Crippen LogP contribution in [0.25, 0.3) is 11.0 Å². The zero-order valence-electron chi connectivity index (χ0n) is 12.8. The van der Waals surface area contributed by atoms with Crippen molar-refractivity contribution in [1.29, 1.82) is 0 Å². The Morgan fingerprint density at radius 3 is 3.00 bits per heavy atom. The number of hydrazone groups is 1. The van der Waals surface area contributed by atoms with Crippen molar-refractivity contribution in [3.8, 4) is 0 Å². The number of hydrogen-bond acceptors (Lipinski definition) is 5. The van der Waals surface area contributed by atoms with Gasteiger partial charge in [-0.2, -0.15) is 0 Å². The Kier molecular flexibility index (Phi) is 5.42. The number of nitroso groups, excluding NO2 is 1. The molecular formula is C16H13ClN5O2S+. The van der Waals surface area contributed by atoms with Crippen LogP contribution in [0.2, 0.25) is 5.02 Å². The molecule has 0 aliphatic rings. The van der Waals surface area contributed by atoms with Gasteiger partial charge in [0.25, 0.3) is 5.91 Å². The Labute approximate surface area is 151 Å². The van der Waals surface area contributed by atoms with E-state index in [1.807, 2.05) is 24.3 Å². The maximum Gasteiger partial charge on any atom is 0.284 e. The summed E-state index contributed by atoms with van der Waals surface area (Å²) in [5, 5.41) is 6.46. The highest BCUT2D eigenvalue weighted by molar-refractivity contribution is 7.99. The van der Waals surface area contributed by atoms with E-state index < -0.39 is 0 Å². The third-order valence-electron chi connectivity index (χ3n) is 3.23. The molecule has 3 rings (SSSR count). The van der Waals surface area contributed by atoms with Crippen molar-refractivity contribution < 1.29 is 9.90 Å². The first-order chi connectivity index (χ1) is 12.2. The van der Waals surface area contributed by atoms with Crippen molar-refractivity contribution in [2.75, 3.05) is 5.75 Å². The van der Waals surface area contributed by atoms with E-state index in [0.29, 0.717) is 10.7 Å². The van der Waals surface area contributed by atoms with Gasteiger partial charge in [0, 0.05) is 5.56 Å². The second-order valence-electron chi connectivity index (χ2n) is 4.99. The van der Waals surface area contributed by atoms with Crippen molar-refractivity contribution in [3.05, 3.63) is 58.0 Å². The molecule has 1 aromatic heterocycles. The predicted octanol–water partition coefficient (Wildman–Crippen LogP) is 1.94. The summed E-state index contributed by atoms with van der Waals surface area (Å²) in [7, 11) is 0. The normalized spacial score (nSPS) is 11.1. The maximum atomic E-state index is 11.9. The lowest BCUT2D eigenvalue weighted by Gasteiger charge is -1.96. The molecule has 0 radical (unpaired) electrons. The SMILES string of the molecule is O=Nc1cc(/C=[NH+]/NC(=O)CSc2nc3ccccc3[nH]2)ccc1Cl. The van der Waals surface area contributed by atoms with Crippen molar-refractivity contribution in [2.45, 2.75) is 5.16 Å². The Bertz CT molecular complexity index is 924. The van der Waals surface area contributed by atoms with E-state index in [1.54, 1.807) is 12.1 Å². The maximum absolute atomic E-state index is 11.9. The van der Waals surface area contributed by atoms with Crippen molar-refractivity contribution in [2.24, 2.45) is 5.18 Å². The average molecular weight is 375 g/mol. The van der Waals surface area contributed by atoms with E-state index in [9.17, 15) is 9.70 Å². The number of rotatable bonds is 6. The van der Waals surface area contributed by atoms with Crippen LogP contribution in [0.3, 0.4) is 0 Å². The number of nitrogens with one attached hydrogen (secondary N) is 3. The number of benzene rings is 2. The van der Waals surface area contributed by atoms with Gasteiger partial charge in [-0.15, -0.1) is 15.4 Å². The predicted molar refractivity (Wildman–Crippen MR) is 98.0 cm³/mol. The van der Waals surface area contributed by atoms with Crippen LogP contribution < -0.4 is 10.5 Å². The van der Waals surface area contributed by atoms with Gasteiger partial charge < -0.3 is 4.98 Å². The fourth-order valence-electron chi connectivity index (χ4n) is 2.06. The zero-order valence-corrected chi connectivity index (χ0v) is 14.4. The van der Waals surface area contributed by atoms with E-state index in [1.165, 1.54) is 24.0 Å². The van der Waals surface area contributed by atoms with Gasteiger partial charge >= 0.3 is 0 Å². The molecule has 7 nitrogen and oxygen atoms in total. The molecule has 1 heterocycles. The number of amides is 1. The lowest BCUT2D eigenvalue weighted by Crippen LogP contribution is -2.82. The molecule has 0 aliphatic heterocycles. The summed E-state index contributed by atoms with van der Waals surface area (Å²) in [6, 6.07) is 12.4. The summed E-state index contributed by atoms with van der Waals surface area (Å²) in [5.41, 5.74) is 5.13. The van der Waals surface area contributed by atoms with Gasteiger partial charge in [0.15, 0.2) is 11.4 Å². The summed E-state index contributed by atoms with van der Waals surface area (Å²) in [6.45, 7) is 0. The van der Waals surface area contributed by atoms with Gasteiger partial charge in [-0.3, -0.25) is 4.79 Å². The number of H-pyrrole nitrogens is 1. The van der Waals surface area contributed by atoms with E-state index in [0.717, 1.165) is 11.0 Å². The number of aromatic nitrogens is 2. The van der Waals surface area contributed by atoms with Crippen LogP contribution in [0.4, 0.5) is 5.69 Å². The number of halogens is 1. The first-order valence-corrected chi connectivity index (χ1v) is 8.60. The lowest BCUT2D eigenvalue weighted by molar-refractivity contribution is -0.505. The lowest BCUT2D eigenvalue weighted by atomic mass is 10.2. The molecule has 0 unspecified atom stereocenters. The van der Waals surface area contributed by atoms with Crippen molar-refractivity contribution in [3.63, 3.8) is 0 Å². The molecular weight excluding hydrogens is 362 g/mol. The van der Waals surface area contributed by atoms with Crippen LogP contribution in [-0.2, 0) is 4.79 Å². The van der Waals surface area contributed by atoms with Gasteiger partial charge in [-0.1, -0.05) is 35.5 Å². The second kappa shape index (κ2) is 7.91. The molecule has 3 N–H and O–H groups in total. The second-order valence-corrected chi connectivity index (χ2v) is 6.36. The molecule has 0 bridgehead atoms. The molecule has 0 spiro atoms. The summed E-state index contributed by atoms with van der Waals surface area (Å²) >= 11 is 7.10. The Morgan fingerprint density at radius 2 is 2.20 bits per heavy atom. The fourth-order valence-corrected chi connectivity index (χ4v) is 2.89. The molecule has 3 aromatic rings. The molecule has 9 heteroatoms. The molecule has 2 aromatic carbocycles. The Morgan fingerprint density at radius 1 is 1.36 bits per heavy atom. The van der Waals surface area contributed by atoms with Crippen molar-refractivity contribution >= 4 is 52.2 Å². The van der Waals surface area contributed by atoms with E-state index in [2.05, 4.69) is 25.7 Å². The minimum absolute atomic E-state index is 0.143. The number of nitrogens with zero attached hydrogens (tertiary/aromatic N) is 2. The van der Waals surface area contributed by atoms with Crippen LogP contribution in [-0.4, -0.2) is 27.8 Å². The average Bonchev–Trinajstić information content (AvgIpc) is 3.04. The van der Waals surface area contributed by atoms with Crippen LogP contribution in [0.1, 0.15) is 5.56 Å². The van der Waals surface area contributed by atoms with Crippen LogP contribution in [0.5, 0.6) is 0 Å². The molecule has 0 saturated heterocycles. The molecule has 126 valence electrons. The largest absolute Gasteiger partial charge is 0.333 e. The monoisotopic (exact) mass is 374 g/mol. The zero-order chi connectivity index (χ0) is 17.6. The number of thioether (sulfide) groups is 1. The standard InChI is InChI=1S/C16H12ClN5O2S/c17-11-6-5-10(7-14(11)22-24)8-18-21-15(23)9-25-16-19-12-3-1-2-4-13(12)20-16/h1-8H,9H2,(H,19,20)(H,21,23)/p+1/b18-8+. The highest BCUT2D eigenvalue weighted by atomic mass is 35.5. The summed E-state index contributed by atoms with van der Waals surface area (Å²) in [5.74, 6) is -0.0213. The number of carbonyl (C=O) groups excluding carboxylic acids is 1. The van der Waals surface area contributed by atoms with Gasteiger partial charge in [-0.05, 0) is 35.5 Å². The highest BCUT2D eigenvalue weighted by Gasteiger charge is 2.08. The Hall–Kier alpha value is -2.71. The molecule has 0 saturated carbocycles. The van der Waals surface area contributed by atoms with Crippen LogP contribution in [0.15, 0.2) is 52.8 Å². The number of hydrogen-bond donors (Lipinski definition) is 3. The van der Waals surface area contributed by atoms with Crippen LogP contribution in [0, 0.1) is 4.91 Å². The molecule has 0 fully saturated rings. The Balaban J connectivity index is 1.53. The van der Waals surface area contributed by atoms with Gasteiger partial charge in [0.1, 0.15) is 5.69 Å². The third kappa shape index (κ3) is 4.43. The number of para-hydroxylation sites is 2. The number of aromatic amines is 1. The van der Waals surface area contributed by atoms with E-state index in [-0.39, 0.29) is 22.4 Å². The molecule has 0 atom stereocenters. The first-order valence-electron chi connectivity index (χ1n) is 7.24. The van der Waals surface area contributed by atoms with Crippen molar-refractivity contribution in [1.82, 2.24) is 15.4 Å². The topological polar surface area (TPSA) is 101 Å². The summed E-state index contributed by atoms with van der Waals surface area (Å²) in [6.07, 6.45) is 1.54. The summed E-state index contributed by atoms with van der Waals surface area (Å²) in [4.78, 5) is 30.0. The molecule has 1 amide bonds. The minimum Gasteiger partial charge on any atom is -0.333 e. The number of hydrazine groups is 1. The van der Waals surface area contributed by atoms with Gasteiger partial charge in [0.2, 0.25) is 0 Å². The highest BCUT2D eigenvalue weighted by Crippen LogP contribution is 2.24. The summed E-state index contributed by atoms with van der Waals surface area (Å²) < 4.78 is 0. The van der Waals surface area contributed by atoms with E-state index in [4.69, 9.17) is 11.6 Å². The smallest absolute Gasteiger partial charge is 0.284 e. The first kappa shape index (κ1) is 17.1. The minimum atomic E-state index is -0.218. The number of fused-ring (bicyclic) bond motifs is 1. The van der Waals surface area contributed by atoms with E-state index >= 15 is 0 Å². The number of imidazole rings is 1. The third-order valence-corrected chi connectivity index (χ3v) is 4.42. The van der Waals surface area contributed by atoms with Gasteiger partial charge in [-0.25, -0.2) is 4.98 Å².